The van der Waals surface area contributed by atoms with Crippen molar-refractivity contribution >= 4 is 5.69 Å². The summed E-state index contributed by atoms with van der Waals surface area (Å²) in [4.78, 5) is 14.4. The van der Waals surface area contributed by atoms with Gasteiger partial charge in [0.15, 0.2) is 11.7 Å². The summed E-state index contributed by atoms with van der Waals surface area (Å²) in [6, 6.07) is 3.37. The third-order valence-electron chi connectivity index (χ3n) is 2.97. The number of oxazole rings is 1. The Morgan fingerprint density at radius 2 is 2.29 bits per heavy atom. The quantitative estimate of drug-likeness (QED) is 0.482. The van der Waals surface area contributed by atoms with Crippen molar-refractivity contribution in [2.45, 2.75) is 19.8 Å². The number of nitrogens with one attached hydrogen (secondary N) is 1. The van der Waals surface area contributed by atoms with Crippen LogP contribution in [0.25, 0.3) is 11.3 Å². The minimum absolute atomic E-state index is 0.229. The van der Waals surface area contributed by atoms with Crippen molar-refractivity contribution in [3.63, 3.8) is 0 Å². The maximum absolute atomic E-state index is 13.1. The first-order valence-electron chi connectivity index (χ1n) is 6.71. The highest BCUT2D eigenvalue weighted by Gasteiger charge is 2.19. The SMILES string of the molecule is CCNCCCc1ncc(-c2ccc(F)cc2[N+](=O)[O-])o1. The molecular weight excluding hydrogens is 277 g/mol. The molecular formula is C14H16FN3O3. The molecule has 2 rings (SSSR count). The van der Waals surface area contributed by atoms with E-state index in [1.54, 1.807) is 0 Å². The zero-order chi connectivity index (χ0) is 15.2. The first-order valence-corrected chi connectivity index (χ1v) is 6.71. The van der Waals surface area contributed by atoms with Crippen molar-refractivity contribution in [3.8, 4) is 11.3 Å². The van der Waals surface area contributed by atoms with Crippen LogP contribution in [0.4, 0.5) is 10.1 Å². The van der Waals surface area contributed by atoms with Crippen LogP contribution in [0.1, 0.15) is 19.2 Å². The number of nitrogens with zero attached hydrogens (tertiary/aromatic N) is 2. The van der Waals surface area contributed by atoms with Crippen molar-refractivity contribution in [3.05, 3.63) is 46.2 Å². The maximum Gasteiger partial charge on any atom is 0.283 e. The molecule has 0 atom stereocenters. The molecule has 21 heavy (non-hydrogen) atoms. The lowest BCUT2D eigenvalue weighted by molar-refractivity contribution is -0.384. The molecule has 0 bridgehead atoms. The van der Waals surface area contributed by atoms with Gasteiger partial charge in [-0.3, -0.25) is 10.1 Å². The third-order valence-corrected chi connectivity index (χ3v) is 2.97. The van der Waals surface area contributed by atoms with E-state index < -0.39 is 10.7 Å². The zero-order valence-electron chi connectivity index (χ0n) is 11.6. The summed E-state index contributed by atoms with van der Waals surface area (Å²) in [6.07, 6.45) is 2.93. The first-order chi connectivity index (χ1) is 10.1. The molecule has 112 valence electrons. The summed E-state index contributed by atoms with van der Waals surface area (Å²) < 4.78 is 18.6. The molecule has 0 aliphatic carbocycles. The molecule has 6 nitrogen and oxygen atoms in total. The van der Waals surface area contributed by atoms with Crippen LogP contribution >= 0.6 is 0 Å². The smallest absolute Gasteiger partial charge is 0.283 e. The van der Waals surface area contributed by atoms with Crippen LogP contribution < -0.4 is 5.32 Å². The summed E-state index contributed by atoms with van der Waals surface area (Å²) in [5.41, 5.74) is -0.0998. The topological polar surface area (TPSA) is 81.2 Å². The molecule has 0 unspecified atom stereocenters. The van der Waals surface area contributed by atoms with E-state index in [9.17, 15) is 14.5 Å². The minimum Gasteiger partial charge on any atom is -0.440 e. The molecule has 7 heteroatoms. The molecule has 0 saturated heterocycles. The van der Waals surface area contributed by atoms with Crippen molar-refractivity contribution in [2.75, 3.05) is 13.1 Å². The van der Waals surface area contributed by atoms with E-state index in [0.717, 1.165) is 31.6 Å². The van der Waals surface area contributed by atoms with Crippen LogP contribution in [0.15, 0.2) is 28.8 Å². The number of nitro groups is 1. The van der Waals surface area contributed by atoms with Crippen LogP contribution in [0.5, 0.6) is 0 Å². The van der Waals surface area contributed by atoms with Gasteiger partial charge in [0, 0.05) is 6.42 Å². The lowest BCUT2D eigenvalue weighted by atomic mass is 10.1. The van der Waals surface area contributed by atoms with Crippen LogP contribution in [-0.2, 0) is 6.42 Å². The number of aromatic nitrogens is 1. The molecule has 2 aromatic rings. The summed E-state index contributed by atoms with van der Waals surface area (Å²) in [6.45, 7) is 3.78. The number of benzene rings is 1. The fraction of sp³-hybridized carbons (Fsp3) is 0.357. The number of hydrogen-bond donors (Lipinski definition) is 1. The van der Waals surface area contributed by atoms with Gasteiger partial charge in [-0.15, -0.1) is 0 Å². The molecule has 0 aliphatic rings. The first kappa shape index (κ1) is 15.1. The molecule has 0 spiro atoms. The predicted molar refractivity (Wildman–Crippen MR) is 75.4 cm³/mol. The number of nitro benzene ring substituents is 1. The summed E-state index contributed by atoms with van der Waals surface area (Å²) >= 11 is 0. The van der Waals surface area contributed by atoms with Crippen molar-refractivity contribution in [1.29, 1.82) is 0 Å². The van der Waals surface area contributed by atoms with Crippen LogP contribution in [0.2, 0.25) is 0 Å². The predicted octanol–water partition coefficient (Wildman–Crippen LogP) is 2.93. The summed E-state index contributed by atoms with van der Waals surface area (Å²) in [7, 11) is 0. The van der Waals surface area contributed by atoms with E-state index in [4.69, 9.17) is 4.42 Å². The number of rotatable bonds is 7. The van der Waals surface area contributed by atoms with Crippen LogP contribution in [-0.4, -0.2) is 23.0 Å². The van der Waals surface area contributed by atoms with Gasteiger partial charge in [-0.1, -0.05) is 6.92 Å². The highest BCUT2D eigenvalue weighted by Crippen LogP contribution is 2.31. The van der Waals surface area contributed by atoms with Gasteiger partial charge in [0.25, 0.3) is 5.69 Å². The highest BCUT2D eigenvalue weighted by atomic mass is 19.1. The largest absolute Gasteiger partial charge is 0.440 e. The van der Waals surface area contributed by atoms with Gasteiger partial charge in [-0.2, -0.15) is 0 Å². The lowest BCUT2D eigenvalue weighted by Gasteiger charge is -2.00. The van der Waals surface area contributed by atoms with E-state index in [-0.39, 0.29) is 17.0 Å². The molecule has 1 heterocycles. The van der Waals surface area contributed by atoms with E-state index in [0.29, 0.717) is 12.3 Å². The monoisotopic (exact) mass is 293 g/mol. The Morgan fingerprint density at radius 1 is 1.48 bits per heavy atom. The van der Waals surface area contributed by atoms with Crippen molar-refractivity contribution in [1.82, 2.24) is 10.3 Å². The van der Waals surface area contributed by atoms with Crippen LogP contribution in [0, 0.1) is 15.9 Å². The van der Waals surface area contributed by atoms with E-state index in [2.05, 4.69) is 10.3 Å². The number of halogens is 1. The average Bonchev–Trinajstić information content (AvgIpc) is 2.92. The van der Waals surface area contributed by atoms with E-state index >= 15 is 0 Å². The second-order valence-electron chi connectivity index (χ2n) is 4.49. The molecule has 1 aromatic heterocycles. The molecule has 0 radical (unpaired) electrons. The molecule has 1 N–H and O–H groups in total. The molecule has 1 aromatic carbocycles. The number of hydrogen-bond acceptors (Lipinski definition) is 5. The van der Waals surface area contributed by atoms with Gasteiger partial charge in [-0.05, 0) is 31.6 Å². The standard InChI is InChI=1S/C14H16FN3O3/c1-2-16-7-3-4-14-17-9-13(21-14)11-6-5-10(15)8-12(11)18(19)20/h5-6,8-9,16H,2-4,7H2,1H3. The van der Waals surface area contributed by atoms with Gasteiger partial charge >= 0.3 is 0 Å². The summed E-state index contributed by atoms with van der Waals surface area (Å²) in [5.74, 6) is 0.137. The van der Waals surface area contributed by atoms with Gasteiger partial charge in [0.05, 0.1) is 22.7 Å². The fourth-order valence-electron chi connectivity index (χ4n) is 1.96. The Kier molecular flexibility index (Phi) is 4.99. The van der Waals surface area contributed by atoms with Gasteiger partial charge in [0.2, 0.25) is 0 Å². The Morgan fingerprint density at radius 3 is 3.00 bits per heavy atom. The second kappa shape index (κ2) is 6.94. The van der Waals surface area contributed by atoms with E-state index in [1.807, 2.05) is 6.92 Å². The Bertz CT molecular complexity index is 628. The Balaban J connectivity index is 2.16. The normalized spacial score (nSPS) is 10.8. The van der Waals surface area contributed by atoms with Gasteiger partial charge in [-0.25, -0.2) is 9.37 Å². The minimum atomic E-state index is -0.657. The Hall–Kier alpha value is -2.28. The lowest BCUT2D eigenvalue weighted by Crippen LogP contribution is -2.14. The summed E-state index contributed by atoms with van der Waals surface area (Å²) in [5, 5.41) is 14.2. The fourth-order valence-corrected chi connectivity index (χ4v) is 1.96. The average molecular weight is 293 g/mol. The van der Waals surface area contributed by atoms with Gasteiger partial charge < -0.3 is 9.73 Å². The number of aryl methyl sites for hydroxylation is 1. The molecule has 0 saturated carbocycles. The Labute approximate surface area is 121 Å². The molecule has 0 fully saturated rings. The van der Waals surface area contributed by atoms with Crippen molar-refractivity contribution in [2.24, 2.45) is 0 Å². The highest BCUT2D eigenvalue weighted by molar-refractivity contribution is 5.68. The van der Waals surface area contributed by atoms with E-state index in [1.165, 1.54) is 12.3 Å². The van der Waals surface area contributed by atoms with Crippen LogP contribution in [0.3, 0.4) is 0 Å². The zero-order valence-corrected chi connectivity index (χ0v) is 11.6. The van der Waals surface area contributed by atoms with Gasteiger partial charge in [0.1, 0.15) is 5.82 Å². The third kappa shape index (κ3) is 3.85. The van der Waals surface area contributed by atoms with Crippen molar-refractivity contribution < 1.29 is 13.7 Å². The molecule has 0 aliphatic heterocycles. The second-order valence-corrected chi connectivity index (χ2v) is 4.49. The molecule has 0 amide bonds. The maximum atomic E-state index is 13.1.